The first-order valence-corrected chi connectivity index (χ1v) is 10.1. The van der Waals surface area contributed by atoms with E-state index < -0.39 is 10.0 Å². The fourth-order valence-electron chi connectivity index (χ4n) is 3.07. The number of hydrogen-bond donors (Lipinski definition) is 1. The van der Waals surface area contributed by atoms with Gasteiger partial charge in [-0.25, -0.2) is 8.42 Å². The highest BCUT2D eigenvalue weighted by Crippen LogP contribution is 2.24. The van der Waals surface area contributed by atoms with E-state index in [0.29, 0.717) is 25.9 Å². The van der Waals surface area contributed by atoms with Crippen molar-refractivity contribution in [3.8, 4) is 0 Å². The summed E-state index contributed by atoms with van der Waals surface area (Å²) in [5, 5.41) is 2.90. The monoisotopic (exact) mass is 373 g/mol. The Balaban J connectivity index is 1.64. The zero-order valence-corrected chi connectivity index (χ0v) is 15.6. The Labute approximate surface area is 154 Å². The molecule has 138 valence electrons. The quantitative estimate of drug-likeness (QED) is 0.871. The molecule has 3 rings (SSSR count). The smallest absolute Gasteiger partial charge is 0.243 e. The van der Waals surface area contributed by atoms with E-state index in [9.17, 15) is 13.2 Å². The number of piperidine rings is 1. The molecule has 1 aromatic heterocycles. The van der Waals surface area contributed by atoms with Gasteiger partial charge in [-0.3, -0.25) is 9.78 Å². The zero-order chi connectivity index (χ0) is 18.6. The number of benzene rings is 1. The maximum absolute atomic E-state index is 12.8. The van der Waals surface area contributed by atoms with Crippen LogP contribution in [0.5, 0.6) is 0 Å². The highest BCUT2D eigenvalue weighted by Gasteiger charge is 2.33. The molecule has 1 atom stereocenters. The lowest BCUT2D eigenvalue weighted by Crippen LogP contribution is -2.45. The van der Waals surface area contributed by atoms with Gasteiger partial charge in [0.1, 0.15) is 0 Å². The second-order valence-electron chi connectivity index (χ2n) is 6.59. The Bertz CT molecular complexity index is 851. The van der Waals surface area contributed by atoms with Crippen molar-refractivity contribution in [3.05, 3.63) is 59.9 Å². The molecule has 0 radical (unpaired) electrons. The normalized spacial score (nSPS) is 18.4. The number of rotatable bonds is 5. The van der Waals surface area contributed by atoms with Crippen LogP contribution in [-0.4, -0.2) is 36.7 Å². The molecule has 1 aliphatic rings. The van der Waals surface area contributed by atoms with E-state index in [2.05, 4.69) is 10.3 Å². The van der Waals surface area contributed by atoms with Gasteiger partial charge in [0.15, 0.2) is 0 Å². The van der Waals surface area contributed by atoms with Gasteiger partial charge in [0.25, 0.3) is 0 Å². The van der Waals surface area contributed by atoms with Gasteiger partial charge in [0.05, 0.1) is 10.8 Å². The van der Waals surface area contributed by atoms with E-state index in [0.717, 1.165) is 11.1 Å². The van der Waals surface area contributed by atoms with Crippen LogP contribution in [0.2, 0.25) is 0 Å². The maximum atomic E-state index is 12.8. The van der Waals surface area contributed by atoms with Crippen LogP contribution < -0.4 is 5.32 Å². The van der Waals surface area contributed by atoms with Crippen LogP contribution in [0.1, 0.15) is 24.0 Å². The van der Waals surface area contributed by atoms with Gasteiger partial charge < -0.3 is 5.32 Å². The molecule has 1 aliphatic heterocycles. The van der Waals surface area contributed by atoms with Crippen molar-refractivity contribution in [3.63, 3.8) is 0 Å². The van der Waals surface area contributed by atoms with Crippen LogP contribution >= 0.6 is 0 Å². The van der Waals surface area contributed by atoms with Gasteiger partial charge in [-0.1, -0.05) is 17.7 Å². The topological polar surface area (TPSA) is 79.4 Å². The Morgan fingerprint density at radius 1 is 1.19 bits per heavy atom. The highest BCUT2D eigenvalue weighted by molar-refractivity contribution is 7.89. The summed E-state index contributed by atoms with van der Waals surface area (Å²) in [6.07, 6.45) is 4.73. The molecule has 0 spiro atoms. The number of hydrogen-bond acceptors (Lipinski definition) is 4. The number of aromatic nitrogens is 1. The molecule has 0 unspecified atom stereocenters. The second kappa shape index (κ2) is 7.97. The first-order valence-electron chi connectivity index (χ1n) is 8.70. The number of aryl methyl sites for hydroxylation is 1. The minimum Gasteiger partial charge on any atom is -0.352 e. The predicted octanol–water partition coefficient (Wildman–Crippen LogP) is 2.11. The molecular weight excluding hydrogens is 350 g/mol. The molecule has 26 heavy (non-hydrogen) atoms. The maximum Gasteiger partial charge on any atom is 0.243 e. The fourth-order valence-corrected chi connectivity index (χ4v) is 4.59. The molecule has 0 aliphatic carbocycles. The minimum atomic E-state index is -3.57. The van der Waals surface area contributed by atoms with E-state index in [1.54, 1.807) is 36.7 Å². The molecular formula is C19H23N3O3S. The van der Waals surface area contributed by atoms with E-state index in [-0.39, 0.29) is 23.3 Å². The molecule has 1 amide bonds. The first kappa shape index (κ1) is 18.5. The molecule has 0 saturated carbocycles. The third-order valence-electron chi connectivity index (χ3n) is 4.63. The van der Waals surface area contributed by atoms with Gasteiger partial charge in [-0.2, -0.15) is 4.31 Å². The van der Waals surface area contributed by atoms with Crippen molar-refractivity contribution in [1.82, 2.24) is 14.6 Å². The molecule has 1 fully saturated rings. The summed E-state index contributed by atoms with van der Waals surface area (Å²) in [5.74, 6) is -0.434. The molecule has 0 bridgehead atoms. The van der Waals surface area contributed by atoms with Crippen molar-refractivity contribution in [2.75, 3.05) is 13.1 Å². The minimum absolute atomic E-state index is 0.106. The standard InChI is InChI=1S/C19H23N3O3S/c1-15-4-6-18(7-5-15)26(24,25)22-12-2-3-17(14-22)19(23)21-13-16-8-10-20-11-9-16/h4-11,17H,2-3,12-14H2,1H3,(H,21,23)/t17-/m0/s1. The third kappa shape index (κ3) is 4.28. The molecule has 2 heterocycles. The van der Waals surface area contributed by atoms with Crippen molar-refractivity contribution in [1.29, 1.82) is 0 Å². The Hall–Kier alpha value is -2.25. The number of pyridine rings is 1. The van der Waals surface area contributed by atoms with Gasteiger partial charge in [-0.05, 0) is 49.6 Å². The van der Waals surface area contributed by atoms with Gasteiger partial charge in [0.2, 0.25) is 15.9 Å². The molecule has 6 nitrogen and oxygen atoms in total. The average Bonchev–Trinajstić information content (AvgIpc) is 2.67. The van der Waals surface area contributed by atoms with Gasteiger partial charge in [-0.15, -0.1) is 0 Å². The van der Waals surface area contributed by atoms with Crippen LogP contribution in [-0.2, 0) is 21.4 Å². The number of nitrogens with zero attached hydrogens (tertiary/aromatic N) is 2. The third-order valence-corrected chi connectivity index (χ3v) is 6.51. The summed E-state index contributed by atoms with van der Waals surface area (Å²) in [6.45, 7) is 3.01. The largest absolute Gasteiger partial charge is 0.352 e. The van der Waals surface area contributed by atoms with E-state index in [1.807, 2.05) is 19.1 Å². The van der Waals surface area contributed by atoms with Crippen LogP contribution in [0, 0.1) is 12.8 Å². The zero-order valence-electron chi connectivity index (χ0n) is 14.8. The highest BCUT2D eigenvalue weighted by atomic mass is 32.2. The summed E-state index contributed by atoms with van der Waals surface area (Å²) in [6, 6.07) is 10.5. The van der Waals surface area contributed by atoms with Crippen LogP contribution in [0.25, 0.3) is 0 Å². The number of amides is 1. The molecule has 1 N–H and O–H groups in total. The molecule has 2 aromatic rings. The van der Waals surface area contributed by atoms with Crippen molar-refractivity contribution < 1.29 is 13.2 Å². The van der Waals surface area contributed by atoms with Gasteiger partial charge in [0, 0.05) is 32.0 Å². The molecule has 1 aromatic carbocycles. The molecule has 7 heteroatoms. The van der Waals surface area contributed by atoms with Crippen LogP contribution in [0.3, 0.4) is 0 Å². The lowest BCUT2D eigenvalue weighted by molar-refractivity contribution is -0.126. The second-order valence-corrected chi connectivity index (χ2v) is 8.53. The summed E-state index contributed by atoms with van der Waals surface area (Å²) in [4.78, 5) is 16.7. The summed E-state index contributed by atoms with van der Waals surface area (Å²) in [7, 11) is -3.57. The molecule has 1 saturated heterocycles. The SMILES string of the molecule is Cc1ccc(S(=O)(=O)N2CCC[C@H](C(=O)NCc3ccncc3)C2)cc1. The van der Waals surface area contributed by atoms with Gasteiger partial charge >= 0.3 is 0 Å². The first-order chi connectivity index (χ1) is 12.5. The van der Waals surface area contributed by atoms with Crippen molar-refractivity contribution in [2.45, 2.75) is 31.2 Å². The summed E-state index contributed by atoms with van der Waals surface area (Å²) in [5.41, 5.74) is 1.98. The number of sulfonamides is 1. The lowest BCUT2D eigenvalue weighted by atomic mass is 9.99. The number of carbonyl (C=O) groups is 1. The lowest BCUT2D eigenvalue weighted by Gasteiger charge is -2.31. The van der Waals surface area contributed by atoms with Crippen molar-refractivity contribution in [2.24, 2.45) is 5.92 Å². The number of carbonyl (C=O) groups excluding carboxylic acids is 1. The van der Waals surface area contributed by atoms with E-state index in [1.165, 1.54) is 4.31 Å². The number of nitrogens with one attached hydrogen (secondary N) is 1. The summed E-state index contributed by atoms with van der Waals surface area (Å²) >= 11 is 0. The Morgan fingerprint density at radius 3 is 2.58 bits per heavy atom. The fraction of sp³-hybridized carbons (Fsp3) is 0.368. The average molecular weight is 373 g/mol. The Morgan fingerprint density at radius 2 is 1.88 bits per heavy atom. The summed E-state index contributed by atoms with van der Waals surface area (Å²) < 4.78 is 27.1. The van der Waals surface area contributed by atoms with Crippen LogP contribution in [0.15, 0.2) is 53.7 Å². The van der Waals surface area contributed by atoms with Crippen molar-refractivity contribution >= 4 is 15.9 Å². The predicted molar refractivity (Wildman–Crippen MR) is 98.7 cm³/mol. The van der Waals surface area contributed by atoms with E-state index in [4.69, 9.17) is 0 Å². The Kier molecular flexibility index (Phi) is 5.68. The van der Waals surface area contributed by atoms with E-state index >= 15 is 0 Å². The van der Waals surface area contributed by atoms with Crippen LogP contribution in [0.4, 0.5) is 0 Å².